The molecule has 13 nitrogen and oxygen atoms in total. The summed E-state index contributed by atoms with van der Waals surface area (Å²) in [4.78, 5) is 31.0. The van der Waals surface area contributed by atoms with E-state index in [9.17, 15) is 30.1 Å². The van der Waals surface area contributed by atoms with E-state index in [0.29, 0.717) is 4.68 Å². The fourth-order valence-electron chi connectivity index (χ4n) is 1.78. The molecule has 0 aromatic carbocycles. The number of methoxy groups -OCH3 is 1. The van der Waals surface area contributed by atoms with Gasteiger partial charge in [-0.15, -0.1) is 0 Å². The second-order valence-electron chi connectivity index (χ2n) is 3.89. The van der Waals surface area contributed by atoms with Gasteiger partial charge in [-0.2, -0.15) is 5.10 Å². The number of hydrogen-bond donors (Lipinski definition) is 2. The Balaban J connectivity index is 2.76. The van der Waals surface area contributed by atoms with E-state index in [1.54, 1.807) is 0 Å². The van der Waals surface area contributed by atoms with Crippen LogP contribution in [-0.4, -0.2) is 43.3 Å². The second-order valence-corrected chi connectivity index (χ2v) is 3.89. The zero-order valence-corrected chi connectivity index (χ0v) is 10.6. The predicted molar refractivity (Wildman–Crippen MR) is 64.5 cm³/mol. The van der Waals surface area contributed by atoms with Gasteiger partial charge in [-0.05, 0) is 4.92 Å². The summed E-state index contributed by atoms with van der Waals surface area (Å²) < 4.78 is 5.15. The van der Waals surface area contributed by atoms with E-state index in [-0.39, 0.29) is 0 Å². The number of ketones is 1. The maximum atomic E-state index is 11.4. The van der Waals surface area contributed by atoms with Crippen LogP contribution in [0.5, 0.6) is 0 Å². The van der Waals surface area contributed by atoms with Gasteiger partial charge in [-0.1, -0.05) is 4.68 Å². The summed E-state index contributed by atoms with van der Waals surface area (Å²) in [6.07, 6.45) is 0. The molecule has 1 aliphatic heterocycles. The highest BCUT2D eigenvalue weighted by Crippen LogP contribution is 2.39. The molecule has 112 valence electrons. The summed E-state index contributed by atoms with van der Waals surface area (Å²) in [6.45, 7) is 1.06. The Bertz CT molecular complexity index is 694. The highest BCUT2D eigenvalue weighted by Gasteiger charge is 2.52. The minimum atomic E-state index is -2.59. The lowest BCUT2D eigenvalue weighted by Gasteiger charge is -2.27. The van der Waals surface area contributed by atoms with E-state index in [1.807, 2.05) is 0 Å². The van der Waals surface area contributed by atoms with E-state index in [2.05, 4.69) is 15.6 Å². The molecule has 0 saturated heterocycles. The number of rotatable bonds is 4. The molecule has 0 fully saturated rings. The summed E-state index contributed by atoms with van der Waals surface area (Å²) in [5, 5.41) is 38.9. The molecule has 2 rings (SSSR count). The normalized spacial score (nSPS) is 20.2. The average molecular weight is 300 g/mol. The van der Waals surface area contributed by atoms with Crippen molar-refractivity contribution in [3.8, 4) is 0 Å². The third kappa shape index (κ3) is 1.91. The van der Waals surface area contributed by atoms with Crippen molar-refractivity contribution in [2.45, 2.75) is 12.8 Å². The van der Waals surface area contributed by atoms with Gasteiger partial charge in [0.1, 0.15) is 0 Å². The van der Waals surface area contributed by atoms with Crippen molar-refractivity contribution in [2.24, 2.45) is 5.10 Å². The molecule has 13 heteroatoms. The van der Waals surface area contributed by atoms with Crippen LogP contribution in [0, 0.1) is 20.2 Å². The van der Waals surface area contributed by atoms with Crippen LogP contribution < -0.4 is 5.43 Å². The summed E-state index contributed by atoms with van der Waals surface area (Å²) in [5.74, 6) is -5.02. The molecule has 0 radical (unpaired) electrons. The van der Waals surface area contributed by atoms with E-state index >= 15 is 0 Å². The largest absolute Gasteiger partial charge is 0.470 e. The Hall–Kier alpha value is -2.93. The molecule has 0 spiro atoms. The lowest BCUT2D eigenvalue weighted by Crippen LogP contribution is -2.50. The standard InChI is InChI=1S/C8H8N6O7/c1-3(15)5-8(16,21-2)12-6(10-9-5)4(13(17)18)7(11-12)14(19)20/h10,16H,1-2H3/t8-/m1/s1. The SMILES string of the molecule is CO[C@]1(O)C(C(C)=O)=NNc2c([N+](=O)[O-])c([N+](=O)[O-])nn21. The van der Waals surface area contributed by atoms with E-state index in [1.165, 1.54) is 0 Å². The summed E-state index contributed by atoms with van der Waals surface area (Å²) in [7, 11) is 0.979. The molecule has 2 N–H and O–H groups in total. The van der Waals surface area contributed by atoms with Gasteiger partial charge in [0, 0.05) is 14.0 Å². The quantitative estimate of drug-likeness (QED) is 0.414. The number of carbonyl (C=O) groups excluding carboxylic acids is 1. The average Bonchev–Trinajstić information content (AvgIpc) is 2.79. The predicted octanol–water partition coefficient (Wildman–Crippen LogP) is -0.681. The number of fused-ring (bicyclic) bond motifs is 1. The third-order valence-electron chi connectivity index (χ3n) is 2.69. The maximum absolute atomic E-state index is 11.4. The zero-order chi connectivity index (χ0) is 15.9. The molecule has 1 aromatic heterocycles. The first-order valence-corrected chi connectivity index (χ1v) is 5.29. The first-order chi connectivity index (χ1) is 9.74. The number of hydrazone groups is 1. The summed E-state index contributed by atoms with van der Waals surface area (Å²) >= 11 is 0. The van der Waals surface area contributed by atoms with Crippen molar-refractivity contribution < 1.29 is 24.5 Å². The van der Waals surface area contributed by atoms with Crippen LogP contribution in [-0.2, 0) is 15.4 Å². The van der Waals surface area contributed by atoms with Crippen molar-refractivity contribution in [3.05, 3.63) is 20.2 Å². The Labute approximate surface area is 115 Å². The summed E-state index contributed by atoms with van der Waals surface area (Å²) in [5.41, 5.74) is 0.513. The molecule has 1 atom stereocenters. The number of aromatic nitrogens is 2. The number of nitro groups is 2. The summed E-state index contributed by atoms with van der Waals surface area (Å²) in [6, 6.07) is 0. The molecule has 21 heavy (non-hydrogen) atoms. The third-order valence-corrected chi connectivity index (χ3v) is 2.69. The Kier molecular flexibility index (Phi) is 3.15. The maximum Gasteiger partial charge on any atom is 0.470 e. The van der Waals surface area contributed by atoms with Crippen LogP contribution in [0.25, 0.3) is 0 Å². The number of hydrogen-bond acceptors (Lipinski definition) is 10. The highest BCUT2D eigenvalue weighted by molar-refractivity contribution is 6.41. The molecule has 0 unspecified atom stereocenters. The van der Waals surface area contributed by atoms with Gasteiger partial charge in [0.05, 0.1) is 10.0 Å². The van der Waals surface area contributed by atoms with Gasteiger partial charge < -0.3 is 20.0 Å². The fourth-order valence-corrected chi connectivity index (χ4v) is 1.78. The van der Waals surface area contributed by atoms with Crippen LogP contribution >= 0.6 is 0 Å². The molecule has 1 aliphatic rings. The molecular formula is C8H8N6O7. The van der Waals surface area contributed by atoms with Gasteiger partial charge in [-0.3, -0.25) is 20.3 Å². The van der Waals surface area contributed by atoms with Crippen molar-refractivity contribution in [1.29, 1.82) is 0 Å². The number of carbonyl (C=O) groups is 1. The molecule has 0 amide bonds. The monoisotopic (exact) mass is 300 g/mol. The van der Waals surface area contributed by atoms with Crippen molar-refractivity contribution >= 4 is 28.8 Å². The number of aliphatic hydroxyl groups is 1. The topological polar surface area (TPSA) is 175 Å². The van der Waals surface area contributed by atoms with Crippen LogP contribution in [0.2, 0.25) is 0 Å². The van der Waals surface area contributed by atoms with Gasteiger partial charge in [0.25, 0.3) is 5.82 Å². The lowest BCUT2D eigenvalue weighted by molar-refractivity contribution is -0.424. The van der Waals surface area contributed by atoms with Crippen LogP contribution in [0.15, 0.2) is 5.10 Å². The van der Waals surface area contributed by atoms with Crippen molar-refractivity contribution in [2.75, 3.05) is 12.5 Å². The molecular weight excluding hydrogens is 292 g/mol. The van der Waals surface area contributed by atoms with E-state index in [4.69, 9.17) is 4.74 Å². The van der Waals surface area contributed by atoms with Gasteiger partial charge in [-0.25, -0.2) is 0 Å². The Morgan fingerprint density at radius 1 is 1.43 bits per heavy atom. The molecule has 0 bridgehead atoms. The molecule has 2 heterocycles. The van der Waals surface area contributed by atoms with Gasteiger partial charge in [0.15, 0.2) is 11.5 Å². The molecule has 1 aromatic rings. The smallest absolute Gasteiger partial charge is 0.358 e. The first kappa shape index (κ1) is 14.5. The Morgan fingerprint density at radius 2 is 2.05 bits per heavy atom. The number of anilines is 1. The second kappa shape index (κ2) is 4.57. The van der Waals surface area contributed by atoms with E-state index < -0.39 is 44.6 Å². The highest BCUT2D eigenvalue weighted by atomic mass is 16.7. The minimum Gasteiger partial charge on any atom is -0.358 e. The lowest BCUT2D eigenvalue weighted by atomic mass is 10.2. The number of ether oxygens (including phenoxy) is 1. The van der Waals surface area contributed by atoms with Gasteiger partial charge >= 0.3 is 17.4 Å². The minimum absolute atomic E-state index is 0.424. The number of nitrogens with zero attached hydrogens (tertiary/aromatic N) is 5. The number of Topliss-reactive ketones (excluding diaryl/α,β-unsaturated/α-hetero) is 1. The molecule has 0 saturated carbocycles. The zero-order valence-electron chi connectivity index (χ0n) is 10.6. The van der Waals surface area contributed by atoms with Crippen LogP contribution in [0.4, 0.5) is 17.3 Å². The van der Waals surface area contributed by atoms with Crippen molar-refractivity contribution in [3.63, 3.8) is 0 Å². The molecule has 0 aliphatic carbocycles. The van der Waals surface area contributed by atoms with Crippen molar-refractivity contribution in [1.82, 2.24) is 9.78 Å². The van der Waals surface area contributed by atoms with Gasteiger partial charge in [0.2, 0.25) is 0 Å². The first-order valence-electron chi connectivity index (χ1n) is 5.29. The Morgan fingerprint density at radius 3 is 2.48 bits per heavy atom. The van der Waals surface area contributed by atoms with Crippen LogP contribution in [0.3, 0.4) is 0 Å². The fraction of sp³-hybridized carbons (Fsp3) is 0.375. The van der Waals surface area contributed by atoms with E-state index in [0.717, 1.165) is 14.0 Å². The number of nitrogens with one attached hydrogen (secondary N) is 1. The van der Waals surface area contributed by atoms with Crippen LogP contribution in [0.1, 0.15) is 6.92 Å².